The summed E-state index contributed by atoms with van der Waals surface area (Å²) in [6.07, 6.45) is 6.92. The predicted octanol–water partition coefficient (Wildman–Crippen LogP) is 1.91. The number of unbranched alkanes of at least 4 members (excludes halogenated alkanes) is 1. The van der Waals surface area contributed by atoms with Crippen LogP contribution in [0.4, 0.5) is 0 Å². The summed E-state index contributed by atoms with van der Waals surface area (Å²) in [6.45, 7) is 4.11. The molecule has 14 nitrogen and oxygen atoms in total. The van der Waals surface area contributed by atoms with E-state index in [1.54, 1.807) is 24.5 Å². The Morgan fingerprint density at radius 1 is 0.849 bits per heavy atom. The Kier molecular flexibility index (Phi) is 15.9. The smallest absolute Gasteiger partial charge is 0.253 e. The molecule has 5 atom stereocenters. The fraction of sp³-hybridized carbons (Fsp3) is 0.436. The molecule has 0 spiro atoms. The highest BCUT2D eigenvalue weighted by Gasteiger charge is 2.32. The second kappa shape index (κ2) is 20.8. The largest absolute Gasteiger partial charge is 0.394 e. The van der Waals surface area contributed by atoms with E-state index in [1.165, 1.54) is 12.5 Å². The maximum absolute atomic E-state index is 14.2. The number of imidazole rings is 1. The van der Waals surface area contributed by atoms with Crippen molar-refractivity contribution in [2.75, 3.05) is 13.2 Å². The van der Waals surface area contributed by atoms with Crippen LogP contribution in [0.5, 0.6) is 0 Å². The Morgan fingerprint density at radius 2 is 1.60 bits per heavy atom. The summed E-state index contributed by atoms with van der Waals surface area (Å²) >= 11 is 0. The molecule has 0 saturated heterocycles. The molecule has 4 amide bonds. The van der Waals surface area contributed by atoms with Crippen LogP contribution in [0.15, 0.2) is 79.5 Å². The van der Waals surface area contributed by atoms with Crippen LogP contribution < -0.4 is 27.0 Å². The fourth-order valence-electron chi connectivity index (χ4n) is 6.20. The number of pyridine rings is 1. The normalized spacial score (nSPS) is 14.2. The third-order valence-corrected chi connectivity index (χ3v) is 8.97. The molecule has 0 fully saturated rings. The first-order valence-electron chi connectivity index (χ1n) is 18.1. The Balaban J connectivity index is 1.55. The van der Waals surface area contributed by atoms with Crippen molar-refractivity contribution < 1.29 is 29.4 Å². The molecule has 0 aliphatic heterocycles. The van der Waals surface area contributed by atoms with Gasteiger partial charge in [0.25, 0.3) is 5.91 Å². The molecule has 2 aromatic carbocycles. The number of benzene rings is 2. The number of aliphatic hydroxyl groups is 2. The number of fused-ring (bicyclic) bond motifs is 1. The number of nitrogens with two attached hydrogens (primary N) is 1. The van der Waals surface area contributed by atoms with Crippen LogP contribution >= 0.6 is 0 Å². The average molecular weight is 729 g/mol. The van der Waals surface area contributed by atoms with Crippen LogP contribution in [0.3, 0.4) is 0 Å². The number of aromatic amines is 1. The molecule has 0 bridgehead atoms. The molecule has 14 heteroatoms. The molecule has 9 N–H and O–H groups in total. The van der Waals surface area contributed by atoms with E-state index in [0.717, 1.165) is 29.2 Å². The maximum atomic E-state index is 14.2. The lowest BCUT2D eigenvalue weighted by Crippen LogP contribution is -2.57. The SMILES string of the molecule is CC(C)C[C@H](NC(=O)[C@H](Cc1cnc[nH]1)NC(=O)[C@H](Cc1cccc2ccccc12)NC(=O)c1cccnc1)[C@@H](O)CC(=O)N[C@H](CO)CCCCN. The molecule has 4 aromatic rings. The summed E-state index contributed by atoms with van der Waals surface area (Å²) in [4.78, 5) is 65.5. The van der Waals surface area contributed by atoms with E-state index < -0.39 is 53.9 Å². The average Bonchev–Trinajstić information content (AvgIpc) is 3.67. The number of carbonyl (C=O) groups excluding carboxylic acids is 4. The van der Waals surface area contributed by atoms with Crippen molar-refractivity contribution in [3.8, 4) is 0 Å². The van der Waals surface area contributed by atoms with Gasteiger partial charge in [0.1, 0.15) is 12.1 Å². The van der Waals surface area contributed by atoms with E-state index in [-0.39, 0.29) is 37.4 Å². The zero-order valence-electron chi connectivity index (χ0n) is 30.3. The van der Waals surface area contributed by atoms with Crippen molar-refractivity contribution in [3.05, 3.63) is 96.3 Å². The predicted molar refractivity (Wildman–Crippen MR) is 201 cm³/mol. The summed E-state index contributed by atoms with van der Waals surface area (Å²) < 4.78 is 0. The minimum atomic E-state index is -1.26. The van der Waals surface area contributed by atoms with Gasteiger partial charge in [0.2, 0.25) is 17.7 Å². The van der Waals surface area contributed by atoms with Gasteiger partial charge in [-0.2, -0.15) is 0 Å². The Labute approximate surface area is 309 Å². The highest BCUT2D eigenvalue weighted by atomic mass is 16.3. The van der Waals surface area contributed by atoms with Crippen molar-refractivity contribution in [1.29, 1.82) is 0 Å². The number of aliphatic hydroxyl groups excluding tert-OH is 2. The first-order chi connectivity index (χ1) is 25.6. The first kappa shape index (κ1) is 40.6. The molecule has 53 heavy (non-hydrogen) atoms. The van der Waals surface area contributed by atoms with E-state index in [9.17, 15) is 29.4 Å². The number of rotatable bonds is 21. The van der Waals surface area contributed by atoms with E-state index in [4.69, 9.17) is 5.73 Å². The van der Waals surface area contributed by atoms with Gasteiger partial charge in [-0.15, -0.1) is 0 Å². The number of hydrogen-bond donors (Lipinski definition) is 8. The number of carbonyl (C=O) groups is 4. The second-order valence-corrected chi connectivity index (χ2v) is 13.7. The molecule has 0 aliphatic rings. The number of H-pyrrole nitrogens is 1. The lowest BCUT2D eigenvalue weighted by atomic mass is 9.96. The van der Waals surface area contributed by atoms with Crippen molar-refractivity contribution in [2.45, 2.75) is 89.1 Å². The van der Waals surface area contributed by atoms with Gasteiger partial charge in [-0.1, -0.05) is 62.7 Å². The zero-order chi connectivity index (χ0) is 38.2. The monoisotopic (exact) mass is 728 g/mol. The van der Waals surface area contributed by atoms with Gasteiger partial charge in [0.05, 0.1) is 43.1 Å². The minimum absolute atomic E-state index is 0.0288. The van der Waals surface area contributed by atoms with Crippen molar-refractivity contribution >= 4 is 34.4 Å². The number of nitrogens with one attached hydrogen (secondary N) is 5. The summed E-state index contributed by atoms with van der Waals surface area (Å²) in [6, 6.07) is 13.1. The Hall–Kier alpha value is -5.18. The number of hydrogen-bond acceptors (Lipinski definition) is 9. The molecule has 0 saturated carbocycles. The van der Waals surface area contributed by atoms with Crippen molar-refractivity contribution in [2.24, 2.45) is 11.7 Å². The topological polar surface area (TPSA) is 224 Å². The third kappa shape index (κ3) is 12.8. The second-order valence-electron chi connectivity index (χ2n) is 13.7. The van der Waals surface area contributed by atoms with E-state index in [0.29, 0.717) is 25.1 Å². The highest BCUT2D eigenvalue weighted by molar-refractivity contribution is 5.98. The number of aromatic nitrogens is 3. The van der Waals surface area contributed by atoms with E-state index in [2.05, 4.69) is 36.2 Å². The van der Waals surface area contributed by atoms with Crippen LogP contribution in [0.25, 0.3) is 10.8 Å². The Morgan fingerprint density at radius 3 is 2.30 bits per heavy atom. The van der Waals surface area contributed by atoms with Crippen LogP contribution in [-0.2, 0) is 27.2 Å². The standard InChI is InChI=1S/C39H52N8O6/c1-25(2)17-32(35(49)20-36(50)44-29(23-48)13-5-6-15-40)45-39(53)34(19-30-22-42-24-43-30)47-38(52)33(46-37(51)28-12-8-16-41-21-28)18-27-11-7-10-26-9-3-4-14-31(26)27/h3-4,7-12,14,16,21-22,24-25,29,32-35,48-49H,5-6,13,15,17-20,23,40H2,1-2H3,(H,42,43)(H,44,50)(H,45,53)(H,46,51)(H,47,52)/t29-,32-,33-,34-,35-/m0/s1. The van der Waals surface area contributed by atoms with Gasteiger partial charge >= 0.3 is 0 Å². The minimum Gasteiger partial charge on any atom is -0.394 e. The van der Waals surface area contributed by atoms with Gasteiger partial charge in [0.15, 0.2) is 0 Å². The number of nitrogens with zero attached hydrogens (tertiary/aromatic N) is 2. The zero-order valence-corrected chi connectivity index (χ0v) is 30.3. The molecule has 4 rings (SSSR count). The molecular weight excluding hydrogens is 676 g/mol. The van der Waals surface area contributed by atoms with Gasteiger partial charge < -0.3 is 42.2 Å². The summed E-state index contributed by atoms with van der Waals surface area (Å²) in [5, 5.41) is 34.2. The summed E-state index contributed by atoms with van der Waals surface area (Å²) in [5.74, 6) is -2.12. The lowest BCUT2D eigenvalue weighted by Gasteiger charge is -2.29. The third-order valence-electron chi connectivity index (χ3n) is 8.97. The first-order valence-corrected chi connectivity index (χ1v) is 18.1. The Bertz CT molecular complexity index is 1750. The molecule has 284 valence electrons. The van der Waals surface area contributed by atoms with Crippen LogP contribution in [0.2, 0.25) is 0 Å². The van der Waals surface area contributed by atoms with E-state index >= 15 is 0 Å². The lowest BCUT2D eigenvalue weighted by molar-refractivity contribution is -0.131. The maximum Gasteiger partial charge on any atom is 0.253 e. The van der Waals surface area contributed by atoms with Crippen LogP contribution in [0.1, 0.15) is 67.6 Å². The van der Waals surface area contributed by atoms with Crippen LogP contribution in [0, 0.1) is 5.92 Å². The molecule has 0 unspecified atom stereocenters. The van der Waals surface area contributed by atoms with Crippen molar-refractivity contribution in [3.63, 3.8) is 0 Å². The van der Waals surface area contributed by atoms with Crippen molar-refractivity contribution in [1.82, 2.24) is 36.2 Å². The molecule has 0 radical (unpaired) electrons. The van der Waals surface area contributed by atoms with Crippen LogP contribution in [-0.4, -0.2) is 92.2 Å². The highest BCUT2D eigenvalue weighted by Crippen LogP contribution is 2.20. The quantitative estimate of drug-likeness (QED) is 0.0586. The van der Waals surface area contributed by atoms with E-state index in [1.807, 2.05) is 56.3 Å². The van der Waals surface area contributed by atoms with Gasteiger partial charge in [-0.3, -0.25) is 24.2 Å². The molecule has 0 aliphatic carbocycles. The number of amides is 4. The summed E-state index contributed by atoms with van der Waals surface area (Å²) in [7, 11) is 0. The van der Waals surface area contributed by atoms with Gasteiger partial charge in [-0.05, 0) is 60.2 Å². The molecular formula is C39H52N8O6. The fourth-order valence-corrected chi connectivity index (χ4v) is 6.20. The summed E-state index contributed by atoms with van der Waals surface area (Å²) in [5.41, 5.74) is 7.23. The van der Waals surface area contributed by atoms with Gasteiger partial charge in [0, 0.05) is 37.1 Å². The molecule has 2 heterocycles. The molecule has 2 aromatic heterocycles. The van der Waals surface area contributed by atoms with Gasteiger partial charge in [-0.25, -0.2) is 4.98 Å².